The molecule has 26 heavy (non-hydrogen) atoms. The molecule has 0 amide bonds. The first-order valence-electron chi connectivity index (χ1n) is 9.50. The van der Waals surface area contributed by atoms with Crippen LogP contribution in [0.4, 0.5) is 5.69 Å². The molecule has 3 aliphatic rings. The van der Waals surface area contributed by atoms with E-state index in [4.69, 9.17) is 10.5 Å². The quantitative estimate of drug-likeness (QED) is 0.640. The highest BCUT2D eigenvalue weighted by Gasteiger charge is 2.37. The van der Waals surface area contributed by atoms with Crippen LogP contribution in [-0.4, -0.2) is 18.4 Å². The SMILES string of the molecule is COc1cc2c(cc1N)/C(=C/C(=O)C1=C3CC(C1)CC3C)NC(C)(C)C2. The van der Waals surface area contributed by atoms with Gasteiger partial charge in [0.1, 0.15) is 5.75 Å². The Morgan fingerprint density at radius 1 is 1.35 bits per heavy atom. The first-order valence-corrected chi connectivity index (χ1v) is 9.50. The van der Waals surface area contributed by atoms with E-state index < -0.39 is 0 Å². The van der Waals surface area contributed by atoms with Gasteiger partial charge in [-0.3, -0.25) is 4.79 Å². The maximum absolute atomic E-state index is 13.0. The van der Waals surface area contributed by atoms with Crippen molar-refractivity contribution in [1.82, 2.24) is 5.32 Å². The molecule has 138 valence electrons. The van der Waals surface area contributed by atoms with Gasteiger partial charge in [-0.1, -0.05) is 12.5 Å². The summed E-state index contributed by atoms with van der Waals surface area (Å²) in [7, 11) is 1.63. The summed E-state index contributed by atoms with van der Waals surface area (Å²) in [6.45, 7) is 6.55. The number of benzene rings is 1. The van der Waals surface area contributed by atoms with Crippen LogP contribution in [0.15, 0.2) is 29.4 Å². The second-order valence-corrected chi connectivity index (χ2v) is 8.77. The lowest BCUT2D eigenvalue weighted by Crippen LogP contribution is -2.44. The zero-order valence-corrected chi connectivity index (χ0v) is 16.1. The van der Waals surface area contributed by atoms with E-state index in [1.165, 1.54) is 12.0 Å². The molecule has 1 aromatic rings. The lowest BCUT2D eigenvalue weighted by molar-refractivity contribution is -0.111. The van der Waals surface area contributed by atoms with Crippen LogP contribution < -0.4 is 15.8 Å². The first kappa shape index (κ1) is 17.2. The first-order chi connectivity index (χ1) is 12.3. The third kappa shape index (κ3) is 2.81. The van der Waals surface area contributed by atoms with Gasteiger partial charge < -0.3 is 15.8 Å². The highest BCUT2D eigenvalue weighted by molar-refractivity contribution is 6.09. The molecule has 4 heteroatoms. The average Bonchev–Trinajstić information content (AvgIpc) is 3.13. The minimum Gasteiger partial charge on any atom is -0.495 e. The second kappa shape index (κ2) is 5.90. The van der Waals surface area contributed by atoms with Crippen molar-refractivity contribution in [3.63, 3.8) is 0 Å². The highest BCUT2D eigenvalue weighted by Crippen LogP contribution is 2.48. The van der Waals surface area contributed by atoms with Crippen molar-refractivity contribution in [2.24, 2.45) is 11.8 Å². The highest BCUT2D eigenvalue weighted by atomic mass is 16.5. The van der Waals surface area contributed by atoms with Crippen molar-refractivity contribution in [3.05, 3.63) is 40.5 Å². The fraction of sp³-hybridized carbons (Fsp3) is 0.500. The number of rotatable bonds is 3. The molecule has 2 unspecified atom stereocenters. The third-order valence-electron chi connectivity index (χ3n) is 6.09. The number of ether oxygens (including phenoxy) is 1. The van der Waals surface area contributed by atoms with Gasteiger partial charge >= 0.3 is 0 Å². The zero-order valence-electron chi connectivity index (χ0n) is 16.1. The van der Waals surface area contributed by atoms with E-state index in [1.807, 2.05) is 12.1 Å². The molecule has 2 bridgehead atoms. The van der Waals surface area contributed by atoms with E-state index >= 15 is 0 Å². The Kier molecular flexibility index (Phi) is 3.90. The number of methoxy groups -OCH3 is 1. The number of ketones is 1. The van der Waals surface area contributed by atoms with Crippen LogP contribution in [-0.2, 0) is 11.2 Å². The summed E-state index contributed by atoms with van der Waals surface area (Å²) in [5.74, 6) is 2.10. The number of allylic oxidation sites excluding steroid dienone is 3. The summed E-state index contributed by atoms with van der Waals surface area (Å²) in [5.41, 5.74) is 12.1. The Balaban J connectivity index is 1.75. The minimum absolute atomic E-state index is 0.125. The summed E-state index contributed by atoms with van der Waals surface area (Å²) in [6.07, 6.45) is 5.96. The number of carbonyl (C=O) groups excluding carboxylic acids is 1. The van der Waals surface area contributed by atoms with Crippen molar-refractivity contribution in [3.8, 4) is 5.75 Å². The largest absolute Gasteiger partial charge is 0.495 e. The number of carbonyl (C=O) groups is 1. The van der Waals surface area contributed by atoms with Gasteiger partial charge in [0.15, 0.2) is 5.78 Å². The van der Waals surface area contributed by atoms with Gasteiger partial charge in [-0.25, -0.2) is 0 Å². The van der Waals surface area contributed by atoms with Crippen LogP contribution in [0, 0.1) is 11.8 Å². The zero-order chi connectivity index (χ0) is 18.6. The molecule has 2 atom stereocenters. The molecule has 0 aromatic heterocycles. The predicted octanol–water partition coefficient (Wildman–Crippen LogP) is 3.86. The van der Waals surface area contributed by atoms with E-state index in [0.717, 1.165) is 41.7 Å². The lowest BCUT2D eigenvalue weighted by atomic mass is 9.84. The van der Waals surface area contributed by atoms with E-state index in [0.29, 0.717) is 23.3 Å². The van der Waals surface area contributed by atoms with Crippen molar-refractivity contribution in [2.75, 3.05) is 12.8 Å². The molecule has 1 aromatic carbocycles. The molecule has 2 aliphatic carbocycles. The molecule has 3 N–H and O–H groups in total. The maximum atomic E-state index is 13.0. The predicted molar refractivity (Wildman–Crippen MR) is 105 cm³/mol. The molecule has 1 heterocycles. The van der Waals surface area contributed by atoms with E-state index in [-0.39, 0.29) is 11.3 Å². The topological polar surface area (TPSA) is 64.3 Å². The van der Waals surface area contributed by atoms with E-state index in [2.05, 4.69) is 26.1 Å². The third-order valence-corrected chi connectivity index (χ3v) is 6.09. The van der Waals surface area contributed by atoms with Crippen molar-refractivity contribution in [1.29, 1.82) is 0 Å². The average molecular weight is 352 g/mol. The van der Waals surface area contributed by atoms with Gasteiger partial charge in [-0.05, 0) is 74.6 Å². The van der Waals surface area contributed by atoms with Gasteiger partial charge in [-0.15, -0.1) is 0 Å². The van der Waals surface area contributed by atoms with Crippen LogP contribution in [0.2, 0.25) is 0 Å². The summed E-state index contributed by atoms with van der Waals surface area (Å²) in [6, 6.07) is 3.93. The number of nitrogens with one attached hydrogen (secondary N) is 1. The maximum Gasteiger partial charge on any atom is 0.183 e. The number of nitrogen functional groups attached to an aromatic ring is 1. The summed E-state index contributed by atoms with van der Waals surface area (Å²) >= 11 is 0. The molecule has 1 saturated carbocycles. The van der Waals surface area contributed by atoms with Crippen LogP contribution in [0.1, 0.15) is 51.2 Å². The molecule has 4 rings (SSSR count). The van der Waals surface area contributed by atoms with Crippen LogP contribution >= 0.6 is 0 Å². The number of anilines is 1. The number of hydrogen-bond donors (Lipinski definition) is 2. The summed E-state index contributed by atoms with van der Waals surface area (Å²) in [4.78, 5) is 13.0. The smallest absolute Gasteiger partial charge is 0.183 e. The molecule has 1 aliphatic heterocycles. The Labute approximate surface area is 155 Å². The minimum atomic E-state index is -0.125. The number of hydrogen-bond acceptors (Lipinski definition) is 4. The summed E-state index contributed by atoms with van der Waals surface area (Å²) < 4.78 is 5.38. The number of nitrogens with two attached hydrogens (primary N) is 1. The van der Waals surface area contributed by atoms with Gasteiger partial charge in [0.25, 0.3) is 0 Å². The molecule has 1 fully saturated rings. The van der Waals surface area contributed by atoms with Crippen molar-refractivity contribution in [2.45, 2.75) is 52.0 Å². The second-order valence-electron chi connectivity index (χ2n) is 8.77. The molecular weight excluding hydrogens is 324 g/mol. The Bertz CT molecular complexity index is 848. The fourth-order valence-corrected chi connectivity index (χ4v) is 4.99. The lowest BCUT2D eigenvalue weighted by Gasteiger charge is -2.36. The monoisotopic (exact) mass is 352 g/mol. The number of fused-ring (bicyclic) bond motifs is 3. The molecule has 4 nitrogen and oxygen atoms in total. The standard InChI is InChI=1S/C22H28N2O2/c1-12-5-13-6-15(12)17(7-13)20(25)10-19-16-9-18(23)21(26-4)8-14(16)11-22(2,3)24-19/h8-10,12-13,24H,5-7,11,23H2,1-4H3/b19-10-. The van der Waals surface area contributed by atoms with Gasteiger partial charge in [0, 0.05) is 22.9 Å². The van der Waals surface area contributed by atoms with Crippen LogP contribution in [0.25, 0.3) is 5.70 Å². The van der Waals surface area contributed by atoms with Crippen molar-refractivity contribution < 1.29 is 9.53 Å². The van der Waals surface area contributed by atoms with Gasteiger partial charge in [0.05, 0.1) is 12.8 Å². The fourth-order valence-electron chi connectivity index (χ4n) is 4.99. The Hall–Kier alpha value is -2.23. The molecule has 0 radical (unpaired) electrons. The van der Waals surface area contributed by atoms with E-state index in [9.17, 15) is 4.79 Å². The normalized spacial score (nSPS) is 27.5. The van der Waals surface area contributed by atoms with Gasteiger partial charge in [0.2, 0.25) is 0 Å². The molecular formula is C22H28N2O2. The molecule has 0 saturated heterocycles. The van der Waals surface area contributed by atoms with Crippen LogP contribution in [0.5, 0.6) is 5.75 Å². The summed E-state index contributed by atoms with van der Waals surface area (Å²) in [5, 5.41) is 3.54. The van der Waals surface area contributed by atoms with E-state index in [1.54, 1.807) is 13.2 Å². The Morgan fingerprint density at radius 3 is 2.77 bits per heavy atom. The van der Waals surface area contributed by atoms with Crippen molar-refractivity contribution >= 4 is 17.2 Å². The van der Waals surface area contributed by atoms with Crippen LogP contribution in [0.3, 0.4) is 0 Å². The van der Waals surface area contributed by atoms with Gasteiger partial charge in [-0.2, -0.15) is 0 Å². The molecule has 0 spiro atoms. The Morgan fingerprint density at radius 2 is 2.12 bits per heavy atom.